The molecular formula is C25H30ClN3O3S. The van der Waals surface area contributed by atoms with Crippen LogP contribution in [-0.2, 0) is 11.3 Å². The third-order valence-corrected chi connectivity index (χ3v) is 7.13. The first-order valence-corrected chi connectivity index (χ1v) is 12.5. The predicted molar refractivity (Wildman–Crippen MR) is 135 cm³/mol. The lowest BCUT2D eigenvalue weighted by Crippen LogP contribution is -2.53. The van der Waals surface area contributed by atoms with Crippen molar-refractivity contribution in [3.63, 3.8) is 0 Å². The van der Waals surface area contributed by atoms with Crippen LogP contribution in [0.5, 0.6) is 5.75 Å². The Bertz CT molecular complexity index is 1130. The fraction of sp³-hybridized carbons (Fsp3) is 0.440. The first-order chi connectivity index (χ1) is 15.8. The van der Waals surface area contributed by atoms with Gasteiger partial charge in [-0.1, -0.05) is 42.9 Å². The number of anilines is 1. The maximum Gasteiger partial charge on any atom is 0.341 e. The van der Waals surface area contributed by atoms with Crippen molar-refractivity contribution in [1.82, 2.24) is 9.88 Å². The van der Waals surface area contributed by atoms with E-state index in [0.29, 0.717) is 17.7 Å². The van der Waals surface area contributed by atoms with Crippen molar-refractivity contribution in [3.8, 4) is 5.75 Å². The average Bonchev–Trinajstić information content (AvgIpc) is 3.16. The molecule has 1 aliphatic heterocycles. The molecule has 0 saturated carbocycles. The summed E-state index contributed by atoms with van der Waals surface area (Å²) in [5.41, 5.74) is 3.21. The number of nitrogens with zero attached hydrogens (tertiary/aromatic N) is 3. The Morgan fingerprint density at radius 1 is 1.27 bits per heavy atom. The van der Waals surface area contributed by atoms with Gasteiger partial charge in [-0.25, -0.2) is 9.78 Å². The number of carbonyl (C=O) groups is 1. The third-order valence-electron chi connectivity index (χ3n) is 5.82. The zero-order chi connectivity index (χ0) is 23.5. The number of aliphatic carboxylic acids is 1. The summed E-state index contributed by atoms with van der Waals surface area (Å²) in [6, 6.07) is 12.3. The van der Waals surface area contributed by atoms with Crippen LogP contribution in [0.25, 0.3) is 10.2 Å². The molecule has 0 bridgehead atoms. The summed E-state index contributed by atoms with van der Waals surface area (Å²) in [6.45, 7) is 9.81. The molecule has 3 aromatic rings. The van der Waals surface area contributed by atoms with Gasteiger partial charge in [0.05, 0.1) is 10.2 Å². The highest BCUT2D eigenvalue weighted by atomic mass is 35.5. The van der Waals surface area contributed by atoms with Gasteiger partial charge in [0.1, 0.15) is 5.75 Å². The number of thiazole rings is 1. The summed E-state index contributed by atoms with van der Waals surface area (Å²) in [7, 11) is 0. The number of fused-ring (bicyclic) bond motifs is 1. The van der Waals surface area contributed by atoms with Gasteiger partial charge in [-0.2, -0.15) is 0 Å². The van der Waals surface area contributed by atoms with E-state index in [1.54, 1.807) is 11.3 Å². The van der Waals surface area contributed by atoms with Crippen LogP contribution < -0.4 is 9.64 Å². The van der Waals surface area contributed by atoms with Crippen LogP contribution in [0.1, 0.15) is 31.4 Å². The van der Waals surface area contributed by atoms with E-state index in [2.05, 4.69) is 29.7 Å². The first kappa shape index (κ1) is 23.8. The summed E-state index contributed by atoms with van der Waals surface area (Å²) in [5, 5.41) is 10.7. The van der Waals surface area contributed by atoms with Crippen molar-refractivity contribution in [2.75, 3.05) is 31.1 Å². The lowest BCUT2D eigenvalue weighted by atomic mass is 9.99. The number of rotatable bonds is 8. The van der Waals surface area contributed by atoms with Gasteiger partial charge in [0.2, 0.25) is 0 Å². The molecule has 4 rings (SSSR count). The molecule has 2 aromatic carbocycles. The molecule has 33 heavy (non-hydrogen) atoms. The van der Waals surface area contributed by atoms with E-state index < -0.39 is 5.97 Å². The van der Waals surface area contributed by atoms with Crippen LogP contribution in [0.4, 0.5) is 5.13 Å². The Labute approximate surface area is 203 Å². The van der Waals surface area contributed by atoms with Gasteiger partial charge < -0.3 is 14.7 Å². The molecule has 0 aliphatic carbocycles. The summed E-state index contributed by atoms with van der Waals surface area (Å²) in [6.07, 6.45) is 1.10. The largest absolute Gasteiger partial charge is 0.482 e. The van der Waals surface area contributed by atoms with Crippen LogP contribution in [0.15, 0.2) is 36.4 Å². The highest BCUT2D eigenvalue weighted by Gasteiger charge is 2.29. The second kappa shape index (κ2) is 10.3. The fourth-order valence-corrected chi connectivity index (χ4v) is 5.72. The molecule has 0 spiro atoms. The molecule has 1 aromatic heterocycles. The molecule has 1 fully saturated rings. The lowest BCUT2D eigenvalue weighted by Gasteiger charge is -2.42. The minimum atomic E-state index is -0.969. The lowest BCUT2D eigenvalue weighted by molar-refractivity contribution is -0.139. The van der Waals surface area contributed by atoms with E-state index in [-0.39, 0.29) is 6.61 Å². The van der Waals surface area contributed by atoms with E-state index >= 15 is 0 Å². The molecule has 1 aliphatic rings. The van der Waals surface area contributed by atoms with E-state index in [0.717, 1.165) is 64.1 Å². The number of aromatic nitrogens is 1. The normalized spacial score (nSPS) is 17.1. The monoisotopic (exact) mass is 487 g/mol. The Balaban J connectivity index is 1.50. The standard InChI is InChI=1S/C25H30ClN3O3S/c1-16(2)8-20-14-29(25-27-22-5-4-19(26)12-23(22)33-25)7-6-28(20)13-18-9-17(3)10-21(11-18)32-15-24(30)31/h4-5,9-12,16,20H,6-8,13-15H2,1-3H3,(H,30,31)/t20-/m0/s1. The minimum absolute atomic E-state index is 0.328. The van der Waals surface area contributed by atoms with Gasteiger partial charge in [-0.3, -0.25) is 4.90 Å². The van der Waals surface area contributed by atoms with Crippen LogP contribution >= 0.6 is 22.9 Å². The van der Waals surface area contributed by atoms with Crippen molar-refractivity contribution in [3.05, 3.63) is 52.5 Å². The van der Waals surface area contributed by atoms with Crippen molar-refractivity contribution < 1.29 is 14.6 Å². The smallest absolute Gasteiger partial charge is 0.341 e. The molecule has 1 atom stereocenters. The Kier molecular flexibility index (Phi) is 7.41. The molecule has 176 valence electrons. The highest BCUT2D eigenvalue weighted by molar-refractivity contribution is 7.22. The van der Waals surface area contributed by atoms with Crippen LogP contribution in [0.2, 0.25) is 5.02 Å². The van der Waals surface area contributed by atoms with Crippen molar-refractivity contribution in [2.24, 2.45) is 5.92 Å². The van der Waals surface area contributed by atoms with Gasteiger partial charge in [-0.05, 0) is 60.7 Å². The van der Waals surface area contributed by atoms with Crippen molar-refractivity contribution in [2.45, 2.75) is 39.8 Å². The van der Waals surface area contributed by atoms with Gasteiger partial charge in [0.15, 0.2) is 11.7 Å². The van der Waals surface area contributed by atoms with E-state index in [4.69, 9.17) is 26.4 Å². The number of hydrogen-bond acceptors (Lipinski definition) is 6. The first-order valence-electron chi connectivity index (χ1n) is 11.3. The molecule has 2 heterocycles. The number of hydrogen-bond donors (Lipinski definition) is 1. The second-order valence-corrected chi connectivity index (χ2v) is 10.6. The fourth-order valence-electron chi connectivity index (χ4n) is 4.44. The second-order valence-electron chi connectivity index (χ2n) is 9.15. The Morgan fingerprint density at radius 3 is 2.85 bits per heavy atom. The molecule has 0 unspecified atom stereocenters. The van der Waals surface area contributed by atoms with Crippen LogP contribution in [0.3, 0.4) is 0 Å². The van der Waals surface area contributed by atoms with E-state index in [1.165, 1.54) is 0 Å². The molecule has 1 saturated heterocycles. The van der Waals surface area contributed by atoms with E-state index in [9.17, 15) is 4.79 Å². The maximum atomic E-state index is 10.9. The number of benzene rings is 2. The predicted octanol–water partition coefficient (Wildman–Crippen LogP) is 5.46. The summed E-state index contributed by atoms with van der Waals surface area (Å²) in [4.78, 5) is 20.7. The summed E-state index contributed by atoms with van der Waals surface area (Å²) < 4.78 is 6.56. The summed E-state index contributed by atoms with van der Waals surface area (Å²) in [5.74, 6) is 0.224. The molecule has 1 N–H and O–H groups in total. The molecule has 0 radical (unpaired) electrons. The zero-order valence-electron chi connectivity index (χ0n) is 19.3. The number of piperazine rings is 1. The topological polar surface area (TPSA) is 65.9 Å². The number of carboxylic acids is 1. The number of halogens is 1. The minimum Gasteiger partial charge on any atom is -0.482 e. The Hall–Kier alpha value is -2.35. The van der Waals surface area contributed by atoms with Gasteiger partial charge >= 0.3 is 5.97 Å². The molecular weight excluding hydrogens is 458 g/mol. The zero-order valence-corrected chi connectivity index (χ0v) is 20.8. The third kappa shape index (κ3) is 6.16. The van der Waals surface area contributed by atoms with E-state index in [1.807, 2.05) is 37.3 Å². The number of aryl methyl sites for hydroxylation is 1. The quantitative estimate of drug-likeness (QED) is 0.455. The van der Waals surface area contributed by atoms with Gasteiger partial charge in [0, 0.05) is 37.2 Å². The molecule has 6 nitrogen and oxygen atoms in total. The number of carboxylic acid groups (broad SMARTS) is 1. The Morgan fingerprint density at radius 2 is 2.09 bits per heavy atom. The maximum absolute atomic E-state index is 10.9. The van der Waals surface area contributed by atoms with Gasteiger partial charge in [0.25, 0.3) is 0 Å². The van der Waals surface area contributed by atoms with Crippen molar-refractivity contribution in [1.29, 1.82) is 0 Å². The summed E-state index contributed by atoms with van der Waals surface area (Å²) >= 11 is 7.87. The number of ether oxygens (including phenoxy) is 1. The SMILES string of the molecule is Cc1cc(CN2CCN(c3nc4ccc(Cl)cc4s3)C[C@@H]2CC(C)C)cc(OCC(=O)O)c1. The van der Waals surface area contributed by atoms with Crippen LogP contribution in [0, 0.1) is 12.8 Å². The molecule has 0 amide bonds. The molecule has 8 heteroatoms. The van der Waals surface area contributed by atoms with Crippen molar-refractivity contribution >= 4 is 44.3 Å². The average molecular weight is 488 g/mol. The van der Waals surface area contributed by atoms with Crippen LogP contribution in [-0.4, -0.2) is 53.2 Å². The van der Waals surface area contributed by atoms with Gasteiger partial charge in [-0.15, -0.1) is 0 Å². The highest BCUT2D eigenvalue weighted by Crippen LogP contribution is 2.33.